The molecular weight excluding hydrogens is 446 g/mol. The number of aromatic nitrogens is 3. The highest BCUT2D eigenvalue weighted by molar-refractivity contribution is 6.29. The molecule has 1 aliphatic rings. The molecule has 3 aromatic rings. The Hall–Kier alpha value is -3.59. The Morgan fingerprint density at radius 3 is 2.12 bits per heavy atom. The number of hydrogen-bond donors (Lipinski definition) is 0. The van der Waals surface area contributed by atoms with Crippen molar-refractivity contribution in [3.63, 3.8) is 0 Å². The average molecular weight is 470 g/mol. The lowest BCUT2D eigenvalue weighted by molar-refractivity contribution is 0.0746. The summed E-state index contributed by atoms with van der Waals surface area (Å²) in [7, 11) is 4.71. The molecule has 1 aromatic carbocycles. The van der Waals surface area contributed by atoms with Crippen LogP contribution in [0.25, 0.3) is 11.3 Å². The normalized spacial score (nSPS) is 13.6. The third-order valence-corrected chi connectivity index (χ3v) is 5.70. The molecule has 3 heterocycles. The van der Waals surface area contributed by atoms with Gasteiger partial charge in [0.2, 0.25) is 5.75 Å². The number of carbonyl (C=O) groups excluding carboxylic acids is 1. The molecule has 0 aliphatic carbocycles. The quantitative estimate of drug-likeness (QED) is 0.508. The third-order valence-electron chi connectivity index (χ3n) is 5.48. The van der Waals surface area contributed by atoms with Crippen LogP contribution < -0.4 is 19.1 Å². The largest absolute Gasteiger partial charge is 0.493 e. The van der Waals surface area contributed by atoms with Gasteiger partial charge in [-0.1, -0.05) is 11.6 Å². The predicted molar refractivity (Wildman–Crippen MR) is 124 cm³/mol. The monoisotopic (exact) mass is 469 g/mol. The molecule has 33 heavy (non-hydrogen) atoms. The molecule has 4 rings (SSSR count). The highest BCUT2D eigenvalue weighted by Crippen LogP contribution is 2.40. The highest BCUT2D eigenvalue weighted by atomic mass is 35.5. The number of benzene rings is 1. The molecule has 0 spiro atoms. The van der Waals surface area contributed by atoms with Crippen LogP contribution in [0.5, 0.6) is 17.2 Å². The van der Waals surface area contributed by atoms with E-state index in [1.54, 1.807) is 38.4 Å². The van der Waals surface area contributed by atoms with E-state index in [9.17, 15) is 4.79 Å². The fourth-order valence-corrected chi connectivity index (χ4v) is 3.81. The van der Waals surface area contributed by atoms with Crippen molar-refractivity contribution in [3.8, 4) is 28.5 Å². The smallest absolute Gasteiger partial charge is 0.255 e. The zero-order valence-electron chi connectivity index (χ0n) is 18.6. The van der Waals surface area contributed by atoms with Crippen LogP contribution in [0.4, 0.5) is 5.82 Å². The van der Waals surface area contributed by atoms with Crippen LogP contribution in [-0.2, 0) is 0 Å². The van der Waals surface area contributed by atoms with E-state index in [0.717, 1.165) is 11.4 Å². The van der Waals surface area contributed by atoms with E-state index in [-0.39, 0.29) is 5.91 Å². The number of anilines is 1. The van der Waals surface area contributed by atoms with Crippen molar-refractivity contribution in [1.82, 2.24) is 20.1 Å². The minimum atomic E-state index is -0.0531. The third kappa shape index (κ3) is 4.78. The van der Waals surface area contributed by atoms with E-state index in [4.69, 9.17) is 25.8 Å². The summed E-state index contributed by atoms with van der Waals surface area (Å²) in [6.07, 6.45) is 1.50. The van der Waals surface area contributed by atoms with Crippen LogP contribution in [0.2, 0.25) is 5.15 Å². The maximum absolute atomic E-state index is 12.7. The number of piperazine rings is 1. The Kier molecular flexibility index (Phi) is 6.79. The molecule has 9 nitrogen and oxygen atoms in total. The highest BCUT2D eigenvalue weighted by Gasteiger charge is 2.23. The number of ether oxygens (including phenoxy) is 3. The molecule has 10 heteroatoms. The van der Waals surface area contributed by atoms with Crippen LogP contribution in [0, 0.1) is 0 Å². The van der Waals surface area contributed by atoms with Gasteiger partial charge in [-0.05, 0) is 36.4 Å². The number of pyridine rings is 1. The summed E-state index contributed by atoms with van der Waals surface area (Å²) in [6.45, 7) is 2.48. The van der Waals surface area contributed by atoms with Gasteiger partial charge in [-0.3, -0.25) is 4.79 Å². The van der Waals surface area contributed by atoms with Crippen molar-refractivity contribution in [2.75, 3.05) is 52.4 Å². The van der Waals surface area contributed by atoms with Gasteiger partial charge >= 0.3 is 0 Å². The van der Waals surface area contributed by atoms with Crippen molar-refractivity contribution < 1.29 is 19.0 Å². The molecule has 172 valence electrons. The lowest BCUT2D eigenvalue weighted by Crippen LogP contribution is -2.49. The van der Waals surface area contributed by atoms with Crippen LogP contribution in [-0.4, -0.2) is 73.5 Å². The summed E-state index contributed by atoms with van der Waals surface area (Å²) in [5, 5.41) is 9.17. The van der Waals surface area contributed by atoms with Crippen molar-refractivity contribution in [2.24, 2.45) is 0 Å². The van der Waals surface area contributed by atoms with Crippen molar-refractivity contribution in [3.05, 3.63) is 53.3 Å². The van der Waals surface area contributed by atoms with Gasteiger partial charge in [0.25, 0.3) is 5.91 Å². The van der Waals surface area contributed by atoms with Crippen LogP contribution in [0.15, 0.2) is 42.6 Å². The van der Waals surface area contributed by atoms with E-state index in [1.807, 2.05) is 24.3 Å². The first-order chi connectivity index (χ1) is 16.0. The molecule has 1 saturated heterocycles. The van der Waals surface area contributed by atoms with Crippen molar-refractivity contribution in [1.29, 1.82) is 0 Å². The van der Waals surface area contributed by atoms with Gasteiger partial charge in [-0.2, -0.15) is 0 Å². The van der Waals surface area contributed by atoms with Gasteiger partial charge in [0.1, 0.15) is 5.15 Å². The fourth-order valence-electron chi connectivity index (χ4n) is 3.70. The van der Waals surface area contributed by atoms with E-state index < -0.39 is 0 Å². The molecule has 1 amide bonds. The first-order valence-corrected chi connectivity index (χ1v) is 10.7. The van der Waals surface area contributed by atoms with Gasteiger partial charge in [0.05, 0.1) is 32.6 Å². The molecule has 1 fully saturated rings. The Morgan fingerprint density at radius 1 is 0.909 bits per heavy atom. The molecular formula is C23H24ClN5O4. The molecule has 0 N–H and O–H groups in total. The van der Waals surface area contributed by atoms with Crippen LogP contribution in [0.3, 0.4) is 0 Å². The minimum absolute atomic E-state index is 0.0531. The Balaban J connectivity index is 1.44. The second-order valence-corrected chi connectivity index (χ2v) is 7.73. The summed E-state index contributed by atoms with van der Waals surface area (Å²) in [5.74, 6) is 2.33. The number of amides is 1. The summed E-state index contributed by atoms with van der Waals surface area (Å²) in [5.41, 5.74) is 2.01. The molecule has 0 saturated carbocycles. The van der Waals surface area contributed by atoms with Crippen LogP contribution >= 0.6 is 11.6 Å². The van der Waals surface area contributed by atoms with E-state index in [0.29, 0.717) is 59.8 Å². The van der Waals surface area contributed by atoms with Gasteiger partial charge in [-0.25, -0.2) is 4.98 Å². The number of hydrogen-bond acceptors (Lipinski definition) is 8. The topological polar surface area (TPSA) is 89.9 Å². The number of rotatable bonds is 6. The zero-order chi connectivity index (χ0) is 23.4. The molecule has 0 unspecified atom stereocenters. The van der Waals surface area contributed by atoms with Crippen molar-refractivity contribution in [2.45, 2.75) is 0 Å². The van der Waals surface area contributed by atoms with Gasteiger partial charge in [0.15, 0.2) is 17.3 Å². The van der Waals surface area contributed by atoms with Crippen LogP contribution in [0.1, 0.15) is 10.4 Å². The molecule has 0 bridgehead atoms. The number of methoxy groups -OCH3 is 3. The van der Waals surface area contributed by atoms with Gasteiger partial charge in [-0.15, -0.1) is 10.2 Å². The van der Waals surface area contributed by atoms with E-state index in [2.05, 4.69) is 20.1 Å². The Labute approximate surface area is 196 Å². The lowest BCUT2D eigenvalue weighted by atomic mass is 10.1. The first-order valence-electron chi connectivity index (χ1n) is 10.3. The second-order valence-electron chi connectivity index (χ2n) is 7.34. The summed E-state index contributed by atoms with van der Waals surface area (Å²) >= 11 is 5.81. The van der Waals surface area contributed by atoms with Gasteiger partial charge < -0.3 is 24.0 Å². The summed E-state index contributed by atoms with van der Waals surface area (Å²) in [6, 6.07) is 10.8. The number of halogens is 1. The summed E-state index contributed by atoms with van der Waals surface area (Å²) < 4.78 is 16.2. The lowest BCUT2D eigenvalue weighted by Gasteiger charge is -2.35. The standard InChI is InChI=1S/C23H24ClN5O4/c1-31-18-12-16(13-19(32-2)22(18)33-3)17-5-7-21(27-26-17)28-8-10-29(11-9-28)23(30)15-4-6-20(24)25-14-15/h4-7,12-14H,8-11H2,1-3H3. The zero-order valence-corrected chi connectivity index (χ0v) is 19.4. The average Bonchev–Trinajstić information content (AvgIpc) is 2.88. The minimum Gasteiger partial charge on any atom is -0.493 e. The number of carbonyl (C=O) groups is 1. The van der Waals surface area contributed by atoms with E-state index in [1.165, 1.54) is 6.20 Å². The van der Waals surface area contributed by atoms with E-state index >= 15 is 0 Å². The fraction of sp³-hybridized carbons (Fsp3) is 0.304. The number of nitrogens with zero attached hydrogens (tertiary/aromatic N) is 5. The second kappa shape index (κ2) is 9.91. The first kappa shape index (κ1) is 22.6. The SMILES string of the molecule is COc1cc(-c2ccc(N3CCN(C(=O)c4ccc(Cl)nc4)CC3)nn2)cc(OC)c1OC. The molecule has 0 radical (unpaired) electrons. The Morgan fingerprint density at radius 2 is 1.61 bits per heavy atom. The molecule has 1 aliphatic heterocycles. The Bertz CT molecular complexity index is 1090. The molecule has 0 atom stereocenters. The van der Waals surface area contributed by atoms with Gasteiger partial charge in [0, 0.05) is 37.9 Å². The summed E-state index contributed by atoms with van der Waals surface area (Å²) in [4.78, 5) is 20.6. The maximum Gasteiger partial charge on any atom is 0.255 e. The maximum atomic E-state index is 12.7. The molecule has 2 aromatic heterocycles. The predicted octanol–water partition coefficient (Wildman–Crippen LogP) is 3.18. The van der Waals surface area contributed by atoms with Crippen molar-refractivity contribution >= 4 is 23.3 Å².